The Balaban J connectivity index is 2.41. The highest BCUT2D eigenvalue weighted by atomic mass is 16.6. The number of aryl methyl sites for hydroxylation is 3. The van der Waals surface area contributed by atoms with E-state index in [9.17, 15) is 14.9 Å². The first kappa shape index (κ1) is 15.7. The Morgan fingerprint density at radius 2 is 2.09 bits per heavy atom. The number of nitrogens with one attached hydrogen (secondary N) is 2. The predicted octanol–water partition coefficient (Wildman–Crippen LogP) is 1.97. The molecule has 9 heteroatoms. The summed E-state index contributed by atoms with van der Waals surface area (Å²) >= 11 is 0. The quantitative estimate of drug-likeness (QED) is 0.646. The van der Waals surface area contributed by atoms with Crippen LogP contribution in [0.4, 0.5) is 11.5 Å². The molecule has 2 aromatic rings. The third kappa shape index (κ3) is 2.57. The van der Waals surface area contributed by atoms with Crippen LogP contribution in [0.1, 0.15) is 41.3 Å². The molecule has 118 valence electrons. The van der Waals surface area contributed by atoms with E-state index < -0.39 is 10.8 Å². The molecule has 0 unspecified atom stereocenters. The Kier molecular flexibility index (Phi) is 4.25. The van der Waals surface area contributed by atoms with E-state index in [1.165, 1.54) is 11.6 Å². The summed E-state index contributed by atoms with van der Waals surface area (Å²) in [5.41, 5.74) is 1.60. The van der Waals surface area contributed by atoms with Crippen LogP contribution in [0.3, 0.4) is 0 Å². The summed E-state index contributed by atoms with van der Waals surface area (Å²) in [4.78, 5) is 23.1. The minimum atomic E-state index is -0.591. The minimum absolute atomic E-state index is 0.0644. The maximum Gasteiger partial charge on any atom is 0.322 e. The molecular weight excluding hydrogens is 288 g/mol. The molecule has 1 amide bonds. The van der Waals surface area contributed by atoms with Crippen molar-refractivity contribution in [2.45, 2.75) is 40.7 Å². The van der Waals surface area contributed by atoms with Gasteiger partial charge >= 0.3 is 5.69 Å². The molecule has 0 fully saturated rings. The zero-order valence-electron chi connectivity index (χ0n) is 12.9. The number of H-pyrrole nitrogens is 1. The van der Waals surface area contributed by atoms with Crippen LogP contribution in [-0.2, 0) is 13.0 Å². The number of carbonyl (C=O) groups excluding carboxylic acids is 1. The van der Waals surface area contributed by atoms with E-state index in [1.807, 2.05) is 13.8 Å². The molecule has 0 bridgehead atoms. The highest BCUT2D eigenvalue weighted by Crippen LogP contribution is 2.24. The van der Waals surface area contributed by atoms with Gasteiger partial charge in [-0.1, -0.05) is 6.92 Å². The zero-order chi connectivity index (χ0) is 16.4. The molecule has 0 atom stereocenters. The molecule has 2 heterocycles. The number of hydrogen-bond acceptors (Lipinski definition) is 5. The van der Waals surface area contributed by atoms with Crippen LogP contribution in [0.2, 0.25) is 0 Å². The van der Waals surface area contributed by atoms with Crippen molar-refractivity contribution in [3.8, 4) is 0 Å². The lowest BCUT2D eigenvalue weighted by atomic mass is 10.2. The second-order valence-electron chi connectivity index (χ2n) is 4.84. The van der Waals surface area contributed by atoms with Crippen LogP contribution in [0.15, 0.2) is 0 Å². The summed E-state index contributed by atoms with van der Waals surface area (Å²) in [6, 6.07) is 0. The van der Waals surface area contributed by atoms with Crippen molar-refractivity contribution in [3.63, 3.8) is 0 Å². The molecule has 0 aliphatic carbocycles. The minimum Gasteiger partial charge on any atom is -0.303 e. The van der Waals surface area contributed by atoms with Gasteiger partial charge in [-0.05, 0) is 27.2 Å². The van der Waals surface area contributed by atoms with Gasteiger partial charge < -0.3 is 5.32 Å². The van der Waals surface area contributed by atoms with Gasteiger partial charge in [-0.3, -0.25) is 24.7 Å². The fraction of sp³-hybridized carbons (Fsp3) is 0.462. The second-order valence-corrected chi connectivity index (χ2v) is 4.84. The summed E-state index contributed by atoms with van der Waals surface area (Å²) in [6.45, 7) is 7.43. The lowest BCUT2D eigenvalue weighted by Crippen LogP contribution is -2.19. The molecule has 0 saturated heterocycles. The van der Waals surface area contributed by atoms with Crippen molar-refractivity contribution >= 4 is 17.4 Å². The Bertz CT molecular complexity index is 730. The highest BCUT2D eigenvalue weighted by molar-refractivity contribution is 6.06. The van der Waals surface area contributed by atoms with E-state index in [0.29, 0.717) is 12.4 Å². The maximum absolute atomic E-state index is 12.5. The molecule has 0 aliphatic heterocycles. The van der Waals surface area contributed by atoms with Gasteiger partial charge in [-0.2, -0.15) is 10.2 Å². The molecule has 0 aromatic carbocycles. The highest BCUT2D eigenvalue weighted by Gasteiger charge is 2.30. The topological polar surface area (TPSA) is 119 Å². The number of nitrogens with zero attached hydrogens (tertiary/aromatic N) is 4. The van der Waals surface area contributed by atoms with Crippen molar-refractivity contribution in [2.75, 3.05) is 5.32 Å². The number of carbonyl (C=O) groups is 1. The average Bonchev–Trinajstić information content (AvgIpc) is 2.99. The SMILES string of the molecule is CCc1[nH]nc(NC(=O)c2c([N+](=O)[O-])c(C)nn2CC)c1C. The van der Waals surface area contributed by atoms with E-state index in [4.69, 9.17) is 0 Å². The molecule has 2 rings (SSSR count). The fourth-order valence-corrected chi connectivity index (χ4v) is 2.31. The van der Waals surface area contributed by atoms with E-state index >= 15 is 0 Å². The van der Waals surface area contributed by atoms with Gasteiger partial charge in [0.1, 0.15) is 5.69 Å². The largest absolute Gasteiger partial charge is 0.322 e. The molecule has 9 nitrogen and oxygen atoms in total. The summed E-state index contributed by atoms with van der Waals surface area (Å²) in [5, 5.41) is 24.7. The van der Waals surface area contributed by atoms with Gasteiger partial charge in [-0.15, -0.1) is 0 Å². The lowest BCUT2D eigenvalue weighted by molar-refractivity contribution is -0.385. The molecule has 0 spiro atoms. The Hall–Kier alpha value is -2.71. The number of anilines is 1. The molecule has 2 N–H and O–H groups in total. The summed E-state index contributed by atoms with van der Waals surface area (Å²) in [7, 11) is 0. The third-order valence-corrected chi connectivity index (χ3v) is 3.49. The van der Waals surface area contributed by atoms with Crippen molar-refractivity contribution in [1.82, 2.24) is 20.0 Å². The fourth-order valence-electron chi connectivity index (χ4n) is 2.31. The van der Waals surface area contributed by atoms with Gasteiger partial charge in [0.05, 0.1) is 4.92 Å². The molecule has 22 heavy (non-hydrogen) atoms. The lowest BCUT2D eigenvalue weighted by Gasteiger charge is -2.05. The first-order valence-electron chi connectivity index (χ1n) is 6.97. The van der Waals surface area contributed by atoms with Gasteiger partial charge in [0.15, 0.2) is 5.82 Å². The van der Waals surface area contributed by atoms with Crippen molar-refractivity contribution in [2.24, 2.45) is 0 Å². The van der Waals surface area contributed by atoms with Crippen molar-refractivity contribution in [3.05, 3.63) is 32.8 Å². The van der Waals surface area contributed by atoms with Gasteiger partial charge in [-0.25, -0.2) is 0 Å². The first-order valence-corrected chi connectivity index (χ1v) is 6.97. The number of nitro groups is 1. The van der Waals surface area contributed by atoms with Crippen LogP contribution in [0.25, 0.3) is 0 Å². The van der Waals surface area contributed by atoms with Crippen LogP contribution >= 0.6 is 0 Å². The van der Waals surface area contributed by atoms with Crippen molar-refractivity contribution in [1.29, 1.82) is 0 Å². The Labute approximate surface area is 126 Å². The smallest absolute Gasteiger partial charge is 0.303 e. The average molecular weight is 306 g/mol. The Morgan fingerprint density at radius 1 is 1.41 bits per heavy atom. The normalized spacial score (nSPS) is 10.7. The summed E-state index contributed by atoms with van der Waals surface area (Å²) in [6.07, 6.45) is 0.751. The molecule has 0 radical (unpaired) electrons. The zero-order valence-corrected chi connectivity index (χ0v) is 12.9. The molecule has 0 aliphatic rings. The van der Waals surface area contributed by atoms with Crippen LogP contribution in [0.5, 0.6) is 0 Å². The second kappa shape index (κ2) is 5.96. The molecular formula is C13H18N6O3. The van der Waals surface area contributed by atoms with E-state index in [-0.39, 0.29) is 17.1 Å². The monoisotopic (exact) mass is 306 g/mol. The number of rotatable bonds is 5. The van der Waals surface area contributed by atoms with Gasteiger partial charge in [0, 0.05) is 17.8 Å². The number of aromatic amines is 1. The van der Waals surface area contributed by atoms with Gasteiger partial charge in [0.25, 0.3) is 5.91 Å². The molecule has 0 saturated carbocycles. The maximum atomic E-state index is 12.5. The summed E-state index contributed by atoms with van der Waals surface area (Å²) in [5.74, 6) is -0.218. The van der Waals surface area contributed by atoms with Crippen LogP contribution < -0.4 is 5.32 Å². The van der Waals surface area contributed by atoms with E-state index in [1.54, 1.807) is 6.92 Å². The van der Waals surface area contributed by atoms with Crippen LogP contribution in [-0.4, -0.2) is 30.8 Å². The Morgan fingerprint density at radius 3 is 2.59 bits per heavy atom. The van der Waals surface area contributed by atoms with E-state index in [2.05, 4.69) is 20.6 Å². The van der Waals surface area contributed by atoms with Gasteiger partial charge in [0.2, 0.25) is 5.69 Å². The predicted molar refractivity (Wildman–Crippen MR) is 79.9 cm³/mol. The first-order chi connectivity index (χ1) is 10.4. The van der Waals surface area contributed by atoms with Crippen molar-refractivity contribution < 1.29 is 9.72 Å². The van der Waals surface area contributed by atoms with Crippen LogP contribution in [0, 0.1) is 24.0 Å². The summed E-state index contributed by atoms with van der Waals surface area (Å²) < 4.78 is 1.32. The standard InChI is InChI=1S/C13H18N6O3/c1-5-9-7(3)12(16-15-9)14-13(20)11-10(19(21)22)8(4)17-18(11)6-2/h5-6H2,1-4H3,(H2,14,15,16,20). The number of hydrogen-bond donors (Lipinski definition) is 2. The third-order valence-electron chi connectivity index (χ3n) is 3.49. The molecule has 2 aromatic heterocycles. The number of amides is 1. The number of aromatic nitrogens is 4. The van der Waals surface area contributed by atoms with E-state index in [0.717, 1.165) is 17.7 Å².